The number of benzene rings is 2. The van der Waals surface area contributed by atoms with Crippen LogP contribution in [-0.2, 0) is 30.6 Å². The molecule has 0 bridgehead atoms. The number of aryl methyl sites for hydroxylation is 2. The molecule has 9 rings (SSSR count). The molecule has 5 aromatic rings. The number of sulfone groups is 1. The number of amides is 4. The number of carbonyl (C=O) groups is 4. The van der Waals surface area contributed by atoms with Crippen molar-refractivity contribution in [3.05, 3.63) is 77.5 Å². The van der Waals surface area contributed by atoms with E-state index in [-0.39, 0.29) is 47.4 Å². The maximum atomic E-state index is 14.9. The summed E-state index contributed by atoms with van der Waals surface area (Å²) in [6, 6.07) is 8.28. The zero-order valence-electron chi connectivity index (χ0n) is 46.5. The molecule has 2 aliphatic carbocycles. The lowest BCUT2D eigenvalue weighted by molar-refractivity contribution is -0.143. The van der Waals surface area contributed by atoms with Gasteiger partial charge in [-0.05, 0) is 128 Å². The number of rotatable bonds is 18. The first-order valence-electron chi connectivity index (χ1n) is 27.9. The van der Waals surface area contributed by atoms with Crippen LogP contribution in [0.25, 0.3) is 10.9 Å². The highest BCUT2D eigenvalue weighted by atomic mass is 32.2. The fourth-order valence-electron chi connectivity index (χ4n) is 11.4. The normalized spacial score (nSPS) is 20.0. The zero-order chi connectivity index (χ0) is 56.2. The van der Waals surface area contributed by atoms with E-state index in [2.05, 4.69) is 47.1 Å². The van der Waals surface area contributed by atoms with Crippen molar-refractivity contribution in [1.29, 1.82) is 0 Å². The van der Waals surface area contributed by atoms with Gasteiger partial charge in [0.05, 0.1) is 41.9 Å². The Morgan fingerprint density at radius 3 is 2.37 bits per heavy atom. The van der Waals surface area contributed by atoms with Crippen LogP contribution in [0.15, 0.2) is 60.0 Å². The third kappa shape index (κ3) is 12.7. The fraction of sp³-hybridized carbons (Fsp3) is 0.561. The minimum Gasteiger partial charge on any atom is -0.492 e. The van der Waals surface area contributed by atoms with Crippen LogP contribution in [0.2, 0.25) is 0 Å². The van der Waals surface area contributed by atoms with Gasteiger partial charge in [0.15, 0.2) is 21.4 Å². The van der Waals surface area contributed by atoms with Gasteiger partial charge in [0.2, 0.25) is 23.7 Å². The molecular formula is C57H76N12O9S. The van der Waals surface area contributed by atoms with Crippen molar-refractivity contribution < 1.29 is 42.2 Å². The number of fused-ring (bicyclic) bond motifs is 2. The van der Waals surface area contributed by atoms with Gasteiger partial charge < -0.3 is 40.3 Å². The molecule has 2 aliphatic heterocycles. The lowest BCUT2D eigenvalue weighted by Crippen LogP contribution is -2.58. The Bertz CT molecular complexity index is 3120. The van der Waals surface area contributed by atoms with Gasteiger partial charge >= 0.3 is 6.09 Å². The number of nitrogens with zero attached hydrogens (tertiary/aromatic N) is 8. The number of hydrogen-bond donors (Lipinski definition) is 5. The molecule has 5 N–H and O–H groups in total. The first-order chi connectivity index (χ1) is 37.8. The quantitative estimate of drug-likeness (QED) is 0.0525. The molecule has 21 nitrogen and oxygen atoms in total. The van der Waals surface area contributed by atoms with E-state index in [4.69, 9.17) is 19.4 Å². The van der Waals surface area contributed by atoms with Gasteiger partial charge in [-0.1, -0.05) is 43.5 Å². The number of carbonyl (C=O) groups excluding carboxylic acids is 3. The van der Waals surface area contributed by atoms with E-state index in [0.29, 0.717) is 59.6 Å². The van der Waals surface area contributed by atoms with Crippen LogP contribution in [0, 0.1) is 25.7 Å². The summed E-state index contributed by atoms with van der Waals surface area (Å²) in [7, 11) is -2.52. The number of likely N-dealkylation sites (N-methyl/N-ethyl adjacent to an activating group) is 1. The number of anilines is 3. The van der Waals surface area contributed by atoms with Crippen LogP contribution < -0.4 is 30.3 Å². The molecule has 424 valence electrons. The van der Waals surface area contributed by atoms with E-state index in [1.54, 1.807) is 50.2 Å². The Balaban J connectivity index is 0.826. The standard InChI is InChI=1S/C57H76N12O9S/c1-34-35(2)65-66-50(34)64-51-43-28-48(79(75,76)57(4,5)6)47(29-45(43)60-33-61-51)77-26-14-15-37-22-24-68(25-23-37)55-58-30-41(31-59-55)78-40-27-46(53(71)62-44-21-13-19-38-16-11-12-20-42(38)44)69(32-40)54(72)49(39-17-9-8-10-18-39)63-52(70)36(3)67(7)56(73)74/h11-12,16,20,28-31,33,36-37,39-40,44,46,49H,8-10,13-15,17-19,21-27,32H2,1-7H3,(H,62,71)(H,63,70)(H,73,74)(H2,60,61,64,65,66)/t36-,40-,44+,46-,49-/m0/s1. The van der Waals surface area contributed by atoms with E-state index in [9.17, 15) is 32.7 Å². The van der Waals surface area contributed by atoms with E-state index in [0.717, 1.165) is 99.0 Å². The summed E-state index contributed by atoms with van der Waals surface area (Å²) < 4.78 is 39.8. The first kappa shape index (κ1) is 56.6. The molecule has 0 radical (unpaired) electrons. The average molecular weight is 1110 g/mol. The summed E-state index contributed by atoms with van der Waals surface area (Å²) in [6.45, 7) is 12.2. The molecule has 22 heteroatoms. The van der Waals surface area contributed by atoms with Crippen molar-refractivity contribution in [2.45, 2.75) is 165 Å². The van der Waals surface area contributed by atoms with Gasteiger partial charge in [-0.25, -0.2) is 33.1 Å². The van der Waals surface area contributed by atoms with Gasteiger partial charge in [0.25, 0.3) is 0 Å². The number of aromatic amines is 1. The van der Waals surface area contributed by atoms with Crippen molar-refractivity contribution in [1.82, 2.24) is 50.6 Å². The highest BCUT2D eigenvalue weighted by Crippen LogP contribution is 2.39. The predicted molar refractivity (Wildman–Crippen MR) is 298 cm³/mol. The number of nitrogens with one attached hydrogen (secondary N) is 4. The van der Waals surface area contributed by atoms with Crippen molar-refractivity contribution in [3.8, 4) is 11.5 Å². The van der Waals surface area contributed by atoms with Crippen molar-refractivity contribution >= 4 is 62.1 Å². The number of carboxylic acid groups (broad SMARTS) is 1. The maximum absolute atomic E-state index is 14.9. The second-order valence-corrected chi connectivity index (χ2v) is 25.5. The minimum absolute atomic E-state index is 0.0827. The molecule has 4 aliphatic rings. The van der Waals surface area contributed by atoms with E-state index < -0.39 is 50.8 Å². The maximum Gasteiger partial charge on any atom is 0.407 e. The lowest BCUT2D eigenvalue weighted by Gasteiger charge is -2.36. The largest absolute Gasteiger partial charge is 0.492 e. The molecule has 79 heavy (non-hydrogen) atoms. The molecule has 4 amide bonds. The van der Waals surface area contributed by atoms with Crippen LogP contribution in [-0.4, -0.2) is 140 Å². The molecule has 3 fully saturated rings. The van der Waals surface area contributed by atoms with Gasteiger partial charge in [-0.2, -0.15) is 5.10 Å². The third-order valence-corrected chi connectivity index (χ3v) is 19.1. The Kier molecular flexibility index (Phi) is 17.3. The summed E-state index contributed by atoms with van der Waals surface area (Å²) in [5.41, 5.74) is 4.63. The highest BCUT2D eigenvalue weighted by Gasteiger charge is 2.46. The van der Waals surface area contributed by atoms with Crippen LogP contribution in [0.1, 0.15) is 133 Å². The number of hydrogen-bond acceptors (Lipinski definition) is 15. The van der Waals surface area contributed by atoms with Crippen LogP contribution in [0.4, 0.5) is 22.4 Å². The van der Waals surface area contributed by atoms with Gasteiger partial charge in [-0.15, -0.1) is 0 Å². The summed E-state index contributed by atoms with van der Waals surface area (Å²) in [5, 5.41) is 26.9. The topological polar surface area (TPSA) is 267 Å². The van der Waals surface area contributed by atoms with Crippen molar-refractivity contribution in [3.63, 3.8) is 0 Å². The van der Waals surface area contributed by atoms with Crippen LogP contribution in [0.5, 0.6) is 11.5 Å². The minimum atomic E-state index is -3.84. The summed E-state index contributed by atoms with van der Waals surface area (Å²) in [5.74, 6) is 1.22. The molecule has 2 aromatic carbocycles. The smallest absolute Gasteiger partial charge is 0.407 e. The Morgan fingerprint density at radius 1 is 0.937 bits per heavy atom. The van der Waals surface area contributed by atoms with Crippen LogP contribution >= 0.6 is 0 Å². The molecule has 1 saturated carbocycles. The van der Waals surface area contributed by atoms with Crippen LogP contribution in [0.3, 0.4) is 0 Å². The SMILES string of the molecule is Cc1[nH]nc(Nc2ncnc3cc(OCCCC4CCN(c5ncc(O[C@H]6C[C@@H](C(=O)N[C@@H]7CCCc8ccccc87)N(C(=O)[C@@H](NC(=O)[C@H](C)N(C)C(=O)O)C7CCCCC7)C6)cn5)CC4)c(S(=O)(=O)C(C)(C)C)cc23)c1C. The van der Waals surface area contributed by atoms with E-state index in [1.807, 2.05) is 32.0 Å². The predicted octanol–water partition coefficient (Wildman–Crippen LogP) is 7.76. The monoisotopic (exact) mass is 1100 g/mol. The van der Waals surface area contributed by atoms with Crippen molar-refractivity contribution in [2.75, 3.05) is 43.5 Å². The number of H-pyrrole nitrogens is 1. The second-order valence-electron chi connectivity index (χ2n) is 22.8. The van der Waals surface area contributed by atoms with Crippen molar-refractivity contribution in [2.24, 2.45) is 11.8 Å². The third-order valence-electron chi connectivity index (χ3n) is 16.6. The molecule has 5 heterocycles. The number of likely N-dealkylation sites (tertiary alicyclic amines) is 1. The van der Waals surface area contributed by atoms with E-state index in [1.165, 1.54) is 25.9 Å². The Hall–Kier alpha value is -7.10. The molecular weight excluding hydrogens is 1030 g/mol. The zero-order valence-corrected chi connectivity index (χ0v) is 47.3. The fourth-order valence-corrected chi connectivity index (χ4v) is 12.7. The molecule has 3 aromatic heterocycles. The number of ether oxygens (including phenoxy) is 2. The van der Waals surface area contributed by atoms with Gasteiger partial charge in [0.1, 0.15) is 47.0 Å². The summed E-state index contributed by atoms with van der Waals surface area (Å²) in [6.07, 6.45) is 13.3. The number of aromatic nitrogens is 6. The number of piperidine rings is 1. The second kappa shape index (κ2) is 24.1. The molecule has 0 spiro atoms. The van der Waals surface area contributed by atoms with Gasteiger partial charge in [0, 0.05) is 49.3 Å². The molecule has 5 atom stereocenters. The van der Waals surface area contributed by atoms with Gasteiger partial charge in [-0.3, -0.25) is 24.4 Å². The Labute approximate surface area is 462 Å². The molecule has 2 saturated heterocycles. The lowest BCUT2D eigenvalue weighted by atomic mass is 9.83. The average Bonchev–Trinajstić information content (AvgIpc) is 4.10. The summed E-state index contributed by atoms with van der Waals surface area (Å²) >= 11 is 0. The highest BCUT2D eigenvalue weighted by molar-refractivity contribution is 7.92. The first-order valence-corrected chi connectivity index (χ1v) is 29.4. The molecule has 0 unspecified atom stereocenters. The Morgan fingerprint density at radius 2 is 1.67 bits per heavy atom. The van der Waals surface area contributed by atoms with E-state index >= 15 is 0 Å². The summed E-state index contributed by atoms with van der Waals surface area (Å²) in [4.78, 5) is 77.9.